The summed E-state index contributed by atoms with van der Waals surface area (Å²) in [6, 6.07) is 87.3. The number of furan rings is 1. The first-order valence-corrected chi connectivity index (χ1v) is 21.5. The van der Waals surface area contributed by atoms with E-state index in [1.807, 2.05) is 12.1 Å². The van der Waals surface area contributed by atoms with Gasteiger partial charge in [0, 0.05) is 50.2 Å². The second kappa shape index (κ2) is 15.3. The van der Waals surface area contributed by atoms with Crippen LogP contribution in [0.3, 0.4) is 0 Å². The molecule has 0 saturated carbocycles. The first kappa shape index (κ1) is 36.5. The monoisotopic (exact) mass is 804 g/mol. The number of fused-ring (bicyclic) bond motifs is 6. The highest BCUT2D eigenvalue weighted by atomic mass is 16.3. The van der Waals surface area contributed by atoms with Gasteiger partial charge in [0.05, 0.1) is 16.7 Å². The van der Waals surface area contributed by atoms with Crippen molar-refractivity contribution in [3.05, 3.63) is 243 Å². The Bertz CT molecular complexity index is 3560. The standard InChI is InChI=1S/C60H40N2O/c1-4-17-41(18-5-1)46-36-47(42-19-6-2-7-20-42)38-50(37-46)61(48-23-8-3-9-24-48)56-28-13-10-25-51(56)45-22-16-21-43(35-45)44-31-33-53-52-26-11-14-29-57(52)62(58(53)39-44)49-32-34-55-54-27-12-15-30-59(54)63-60(55)40-49/h1-40H. The highest BCUT2D eigenvalue weighted by Gasteiger charge is 2.20. The Kier molecular flexibility index (Phi) is 8.83. The van der Waals surface area contributed by atoms with E-state index in [9.17, 15) is 0 Å². The van der Waals surface area contributed by atoms with Gasteiger partial charge in [-0.15, -0.1) is 0 Å². The van der Waals surface area contributed by atoms with E-state index in [1.165, 1.54) is 21.9 Å². The summed E-state index contributed by atoms with van der Waals surface area (Å²) in [7, 11) is 0. The predicted molar refractivity (Wildman–Crippen MR) is 264 cm³/mol. The molecule has 0 bridgehead atoms. The lowest BCUT2D eigenvalue weighted by atomic mass is 9.95. The van der Waals surface area contributed by atoms with E-state index in [1.54, 1.807) is 0 Å². The van der Waals surface area contributed by atoms with Gasteiger partial charge in [-0.3, -0.25) is 0 Å². The van der Waals surface area contributed by atoms with Crippen molar-refractivity contribution >= 4 is 60.8 Å². The largest absolute Gasteiger partial charge is 0.456 e. The van der Waals surface area contributed by atoms with Crippen LogP contribution in [0.4, 0.5) is 17.1 Å². The molecular formula is C60H40N2O. The first-order chi connectivity index (χ1) is 31.2. The molecule has 0 unspecified atom stereocenters. The van der Waals surface area contributed by atoms with Gasteiger partial charge in [0.15, 0.2) is 0 Å². The van der Waals surface area contributed by atoms with E-state index in [-0.39, 0.29) is 0 Å². The van der Waals surface area contributed by atoms with Crippen molar-refractivity contribution in [2.45, 2.75) is 0 Å². The number of hydrogen-bond acceptors (Lipinski definition) is 2. The van der Waals surface area contributed by atoms with E-state index >= 15 is 0 Å². The molecule has 0 aliphatic heterocycles. The van der Waals surface area contributed by atoms with Gasteiger partial charge in [0.1, 0.15) is 11.2 Å². The normalized spacial score (nSPS) is 11.5. The topological polar surface area (TPSA) is 21.3 Å². The summed E-state index contributed by atoms with van der Waals surface area (Å²) in [6.07, 6.45) is 0. The lowest BCUT2D eigenvalue weighted by Crippen LogP contribution is -2.11. The van der Waals surface area contributed by atoms with E-state index < -0.39 is 0 Å². The molecule has 0 atom stereocenters. The summed E-state index contributed by atoms with van der Waals surface area (Å²) in [5.41, 5.74) is 17.7. The van der Waals surface area contributed by atoms with Gasteiger partial charge in [-0.1, -0.05) is 164 Å². The number of rotatable bonds is 8. The molecular weight excluding hydrogens is 765 g/mol. The van der Waals surface area contributed by atoms with E-state index in [0.29, 0.717) is 0 Å². The fraction of sp³-hybridized carbons (Fsp3) is 0. The van der Waals surface area contributed by atoms with Gasteiger partial charge in [-0.25, -0.2) is 0 Å². The van der Waals surface area contributed by atoms with Crippen molar-refractivity contribution < 1.29 is 4.42 Å². The molecule has 2 heterocycles. The first-order valence-electron chi connectivity index (χ1n) is 21.5. The average Bonchev–Trinajstić information content (AvgIpc) is 3.90. The molecule has 63 heavy (non-hydrogen) atoms. The molecule has 296 valence electrons. The third-order valence-electron chi connectivity index (χ3n) is 12.4. The molecule has 0 radical (unpaired) electrons. The second-order valence-electron chi connectivity index (χ2n) is 16.1. The molecule has 0 N–H and O–H groups in total. The number of benzene rings is 10. The van der Waals surface area contributed by atoms with Crippen LogP contribution in [0.15, 0.2) is 247 Å². The van der Waals surface area contributed by atoms with E-state index in [0.717, 1.165) is 89.1 Å². The average molecular weight is 805 g/mol. The minimum Gasteiger partial charge on any atom is -0.456 e. The maximum Gasteiger partial charge on any atom is 0.137 e. The lowest BCUT2D eigenvalue weighted by Gasteiger charge is -2.29. The van der Waals surface area contributed by atoms with Crippen molar-refractivity contribution in [1.29, 1.82) is 0 Å². The highest BCUT2D eigenvalue weighted by molar-refractivity contribution is 6.11. The van der Waals surface area contributed by atoms with Gasteiger partial charge >= 0.3 is 0 Å². The van der Waals surface area contributed by atoms with Crippen LogP contribution >= 0.6 is 0 Å². The smallest absolute Gasteiger partial charge is 0.137 e. The molecule has 3 heteroatoms. The molecule has 0 spiro atoms. The molecule has 10 aromatic carbocycles. The Morgan fingerprint density at radius 2 is 0.857 bits per heavy atom. The SMILES string of the molecule is c1ccc(-c2cc(-c3ccccc3)cc(N(c3ccccc3)c3ccccc3-c3cccc(-c4ccc5c6ccccc6n(-c6ccc7c(c6)oc6ccccc67)c5c4)c3)c2)cc1. The molecule has 0 fully saturated rings. The van der Waals surface area contributed by atoms with Gasteiger partial charge in [0.25, 0.3) is 0 Å². The number of nitrogens with zero attached hydrogens (tertiary/aromatic N) is 2. The number of aromatic nitrogens is 1. The number of para-hydroxylation sites is 4. The van der Waals surface area contributed by atoms with E-state index in [4.69, 9.17) is 4.42 Å². The summed E-state index contributed by atoms with van der Waals surface area (Å²) in [6.45, 7) is 0. The third kappa shape index (κ3) is 6.46. The maximum atomic E-state index is 6.38. The molecule has 0 aliphatic rings. The summed E-state index contributed by atoms with van der Waals surface area (Å²) >= 11 is 0. The van der Waals surface area contributed by atoms with Crippen molar-refractivity contribution in [3.63, 3.8) is 0 Å². The van der Waals surface area contributed by atoms with Crippen LogP contribution < -0.4 is 4.90 Å². The van der Waals surface area contributed by atoms with E-state index in [2.05, 4.69) is 240 Å². The summed E-state index contributed by atoms with van der Waals surface area (Å²) in [5, 5.41) is 4.69. The van der Waals surface area contributed by atoms with Crippen molar-refractivity contribution in [1.82, 2.24) is 4.57 Å². The molecule has 0 saturated heterocycles. The third-order valence-corrected chi connectivity index (χ3v) is 12.4. The molecule has 0 aliphatic carbocycles. The van der Waals surface area contributed by atoms with Gasteiger partial charge in [-0.05, 0) is 112 Å². The zero-order valence-corrected chi connectivity index (χ0v) is 34.4. The molecule has 0 amide bonds. The van der Waals surface area contributed by atoms with Crippen LogP contribution in [0.25, 0.3) is 93.9 Å². The van der Waals surface area contributed by atoms with Crippen molar-refractivity contribution in [3.8, 4) is 50.2 Å². The van der Waals surface area contributed by atoms with Crippen LogP contribution in [-0.4, -0.2) is 4.57 Å². The Morgan fingerprint density at radius 3 is 1.63 bits per heavy atom. The predicted octanol–water partition coefficient (Wildman–Crippen LogP) is 16.8. The maximum absolute atomic E-state index is 6.38. The Balaban J connectivity index is 1.00. The highest BCUT2D eigenvalue weighted by Crippen LogP contribution is 2.44. The minimum atomic E-state index is 0.884. The van der Waals surface area contributed by atoms with Gasteiger partial charge in [-0.2, -0.15) is 0 Å². The minimum absolute atomic E-state index is 0.884. The second-order valence-corrected chi connectivity index (χ2v) is 16.1. The lowest BCUT2D eigenvalue weighted by molar-refractivity contribution is 0.668. The summed E-state index contributed by atoms with van der Waals surface area (Å²) < 4.78 is 8.76. The zero-order valence-electron chi connectivity index (χ0n) is 34.4. The number of anilines is 3. The van der Waals surface area contributed by atoms with Crippen LogP contribution in [0.5, 0.6) is 0 Å². The number of hydrogen-bond donors (Lipinski definition) is 0. The molecule has 2 aromatic heterocycles. The quantitative estimate of drug-likeness (QED) is 0.153. The Hall–Kier alpha value is -8.40. The molecule has 3 nitrogen and oxygen atoms in total. The zero-order chi connectivity index (χ0) is 41.7. The van der Waals surface area contributed by atoms with Crippen LogP contribution in [0.2, 0.25) is 0 Å². The summed E-state index contributed by atoms with van der Waals surface area (Å²) in [4.78, 5) is 2.41. The van der Waals surface area contributed by atoms with Crippen LogP contribution in [0, 0.1) is 0 Å². The summed E-state index contributed by atoms with van der Waals surface area (Å²) in [5.74, 6) is 0. The molecule has 12 aromatic rings. The molecule has 12 rings (SSSR count). The van der Waals surface area contributed by atoms with Crippen molar-refractivity contribution in [2.24, 2.45) is 0 Å². The Morgan fingerprint density at radius 1 is 0.302 bits per heavy atom. The Labute approximate surface area is 366 Å². The van der Waals surface area contributed by atoms with Gasteiger partial charge in [0.2, 0.25) is 0 Å². The van der Waals surface area contributed by atoms with Gasteiger partial charge < -0.3 is 13.9 Å². The van der Waals surface area contributed by atoms with Crippen LogP contribution in [-0.2, 0) is 0 Å². The fourth-order valence-electron chi connectivity index (χ4n) is 9.40. The van der Waals surface area contributed by atoms with Crippen molar-refractivity contribution in [2.75, 3.05) is 4.90 Å². The fourth-order valence-corrected chi connectivity index (χ4v) is 9.40. The van der Waals surface area contributed by atoms with Crippen LogP contribution in [0.1, 0.15) is 0 Å².